The van der Waals surface area contributed by atoms with Crippen LogP contribution in [0.3, 0.4) is 0 Å². The number of para-hydroxylation sites is 2. The van der Waals surface area contributed by atoms with Crippen LogP contribution >= 0.6 is 0 Å². The summed E-state index contributed by atoms with van der Waals surface area (Å²) in [7, 11) is 0. The first-order valence-corrected chi connectivity index (χ1v) is 7.54. The molecule has 0 spiro atoms. The lowest BCUT2D eigenvalue weighted by Crippen LogP contribution is -2.52. The molecule has 1 atom stereocenters. The maximum atomic E-state index is 12.5. The van der Waals surface area contributed by atoms with Crippen LogP contribution in [0.2, 0.25) is 0 Å². The predicted molar refractivity (Wildman–Crippen MR) is 79.6 cm³/mol. The number of aliphatic hydroxyl groups is 1. The molecule has 0 bridgehead atoms. The summed E-state index contributed by atoms with van der Waals surface area (Å²) in [6.45, 7) is 0. The number of fused-ring (bicyclic) bond motifs is 1. The van der Waals surface area contributed by atoms with Crippen molar-refractivity contribution in [2.75, 3.05) is 0 Å². The molecule has 2 aromatic rings. The number of rotatable bonds is 3. The van der Waals surface area contributed by atoms with Gasteiger partial charge in [0.25, 0.3) is 28.5 Å². The van der Waals surface area contributed by atoms with Crippen LogP contribution in [-0.4, -0.2) is 15.6 Å². The molecule has 1 N–H and O–H groups in total. The van der Waals surface area contributed by atoms with E-state index in [1.807, 2.05) is 0 Å². The van der Waals surface area contributed by atoms with Crippen molar-refractivity contribution in [1.82, 2.24) is 0 Å². The molecule has 1 aliphatic rings. The Morgan fingerprint density at radius 3 is 2.35 bits per heavy atom. The highest BCUT2D eigenvalue weighted by Gasteiger charge is 2.55. The predicted octanol–water partition coefficient (Wildman–Crippen LogP) is 1.12. The summed E-state index contributed by atoms with van der Waals surface area (Å²) < 4.78 is 0.896. The van der Waals surface area contributed by atoms with E-state index in [9.17, 15) is 25.6 Å². The van der Waals surface area contributed by atoms with Crippen molar-refractivity contribution in [3.05, 3.63) is 56.7 Å². The zero-order valence-corrected chi connectivity index (χ0v) is 12.4. The monoisotopic (exact) mass is 319 g/mol. The van der Waals surface area contributed by atoms with Crippen LogP contribution in [-0.2, 0) is 0 Å². The highest BCUT2D eigenvalue weighted by atomic mass is 16.6. The Hall–Kier alpha value is -2.48. The molecule has 0 amide bonds. The summed E-state index contributed by atoms with van der Waals surface area (Å²) in [6, 6.07) is 6.15. The Morgan fingerprint density at radius 1 is 1.13 bits per heavy atom. The Kier molecular flexibility index (Phi) is 3.77. The highest BCUT2D eigenvalue weighted by Crippen LogP contribution is 2.40. The number of benzene rings is 1. The molecule has 1 heterocycles. The summed E-state index contributed by atoms with van der Waals surface area (Å²) in [6.07, 6.45) is 1.78. The number of aromatic nitrogens is 2. The lowest BCUT2D eigenvalue weighted by atomic mass is 9.77. The summed E-state index contributed by atoms with van der Waals surface area (Å²) in [5.41, 5.74) is -1.66. The second-order valence-electron chi connectivity index (χ2n) is 5.99. The van der Waals surface area contributed by atoms with Crippen LogP contribution < -0.4 is 9.46 Å². The van der Waals surface area contributed by atoms with Gasteiger partial charge in [0.2, 0.25) is 6.10 Å². The van der Waals surface area contributed by atoms with Crippen LogP contribution in [0.25, 0.3) is 11.0 Å². The number of nitrogens with zero attached hydrogens (tertiary/aromatic N) is 3. The molecule has 0 aliphatic heterocycles. The summed E-state index contributed by atoms with van der Waals surface area (Å²) in [5.74, 6) is 0. The van der Waals surface area contributed by atoms with Gasteiger partial charge in [-0.05, 0) is 12.8 Å². The van der Waals surface area contributed by atoms with Gasteiger partial charge in [-0.25, -0.2) is 0 Å². The van der Waals surface area contributed by atoms with Gasteiger partial charge in [-0.15, -0.1) is 0 Å². The summed E-state index contributed by atoms with van der Waals surface area (Å²) in [5, 5.41) is 46.8. The third-order valence-corrected chi connectivity index (χ3v) is 4.69. The van der Waals surface area contributed by atoms with Gasteiger partial charge >= 0.3 is 0 Å². The zero-order valence-electron chi connectivity index (χ0n) is 12.4. The fraction of sp³-hybridized carbons (Fsp3) is 0.467. The van der Waals surface area contributed by atoms with Gasteiger partial charge in [0.1, 0.15) is 0 Å². The standard InChI is InChI=1S/C15H17N3O5/c19-14(15(18(22)23)8-4-1-5-9-15)13-10-16(20)11-6-2-3-7-12(11)17(13)21/h2-3,6-7,10,14,19H,1,4-5,8-9H2. The van der Waals surface area contributed by atoms with E-state index >= 15 is 0 Å². The van der Waals surface area contributed by atoms with Gasteiger partial charge in [0.15, 0.2) is 0 Å². The van der Waals surface area contributed by atoms with E-state index < -0.39 is 16.6 Å². The molecule has 0 radical (unpaired) electrons. The fourth-order valence-corrected chi connectivity index (χ4v) is 3.38. The molecule has 3 rings (SSSR count). The number of hydrogen-bond acceptors (Lipinski definition) is 5. The SMILES string of the molecule is O=[N+]([O-])C1(C(O)c2c[n+]([O-])c3ccccc3[n+]2[O-])CCCCC1. The van der Waals surface area contributed by atoms with Gasteiger partial charge < -0.3 is 15.5 Å². The van der Waals surface area contributed by atoms with Crippen LogP contribution in [0.5, 0.6) is 0 Å². The van der Waals surface area contributed by atoms with E-state index in [4.69, 9.17) is 0 Å². The molecule has 8 nitrogen and oxygen atoms in total. The van der Waals surface area contributed by atoms with Gasteiger partial charge in [0, 0.05) is 29.9 Å². The topological polar surface area (TPSA) is 117 Å². The van der Waals surface area contributed by atoms with Crippen molar-refractivity contribution in [2.45, 2.75) is 43.7 Å². The zero-order chi connectivity index (χ0) is 16.6. The number of hydrogen-bond donors (Lipinski definition) is 1. The van der Waals surface area contributed by atoms with E-state index in [1.54, 1.807) is 12.1 Å². The molecule has 1 fully saturated rings. The van der Waals surface area contributed by atoms with Crippen molar-refractivity contribution < 1.29 is 19.5 Å². The number of nitro groups is 1. The van der Waals surface area contributed by atoms with Crippen molar-refractivity contribution in [3.63, 3.8) is 0 Å². The lowest BCUT2D eigenvalue weighted by Gasteiger charge is -2.31. The highest BCUT2D eigenvalue weighted by molar-refractivity contribution is 5.67. The molecule has 1 aromatic carbocycles. The molecule has 8 heteroatoms. The Bertz CT molecular complexity index is 758. The molecule has 0 saturated heterocycles. The summed E-state index contributed by atoms with van der Waals surface area (Å²) in [4.78, 5) is 11.1. The van der Waals surface area contributed by atoms with Crippen molar-refractivity contribution in [2.24, 2.45) is 0 Å². The van der Waals surface area contributed by atoms with E-state index in [1.165, 1.54) is 12.1 Å². The molecular weight excluding hydrogens is 302 g/mol. The Labute approximate surface area is 131 Å². The van der Waals surface area contributed by atoms with Crippen molar-refractivity contribution >= 4 is 11.0 Å². The maximum absolute atomic E-state index is 12.5. The minimum atomic E-state index is -1.62. The molecule has 1 unspecified atom stereocenters. The van der Waals surface area contributed by atoms with E-state index in [2.05, 4.69) is 0 Å². The second kappa shape index (κ2) is 5.62. The minimum absolute atomic E-state index is 0.0772. The number of aliphatic hydroxyl groups excluding tert-OH is 1. The maximum Gasteiger partial charge on any atom is 0.295 e. The average molecular weight is 319 g/mol. The average Bonchev–Trinajstić information content (AvgIpc) is 2.58. The molecule has 1 aromatic heterocycles. The van der Waals surface area contributed by atoms with Crippen molar-refractivity contribution in [3.8, 4) is 0 Å². The van der Waals surface area contributed by atoms with E-state index in [0.717, 1.165) is 12.6 Å². The Balaban J connectivity index is 2.15. The molecule has 122 valence electrons. The van der Waals surface area contributed by atoms with Gasteiger partial charge in [0.05, 0.1) is 0 Å². The van der Waals surface area contributed by atoms with E-state index in [0.29, 0.717) is 22.3 Å². The van der Waals surface area contributed by atoms with Gasteiger partial charge in [-0.2, -0.15) is 9.46 Å². The largest absolute Gasteiger partial charge is 0.618 e. The van der Waals surface area contributed by atoms with Gasteiger partial charge in [-0.1, -0.05) is 18.6 Å². The second-order valence-corrected chi connectivity index (χ2v) is 5.99. The Morgan fingerprint density at radius 2 is 1.74 bits per heavy atom. The molecule has 1 saturated carbocycles. The third kappa shape index (κ3) is 2.35. The lowest BCUT2D eigenvalue weighted by molar-refractivity contribution is -0.650. The molecule has 1 aliphatic carbocycles. The first-order chi connectivity index (χ1) is 11.0. The van der Waals surface area contributed by atoms with Crippen LogP contribution in [0.4, 0.5) is 0 Å². The van der Waals surface area contributed by atoms with E-state index in [-0.39, 0.29) is 29.6 Å². The minimum Gasteiger partial charge on any atom is -0.618 e. The smallest absolute Gasteiger partial charge is 0.295 e. The normalized spacial score (nSPS) is 18.7. The van der Waals surface area contributed by atoms with Gasteiger partial charge in [-0.3, -0.25) is 10.1 Å². The third-order valence-electron chi connectivity index (χ3n) is 4.69. The van der Waals surface area contributed by atoms with Crippen LogP contribution in [0.15, 0.2) is 30.5 Å². The van der Waals surface area contributed by atoms with Crippen LogP contribution in [0.1, 0.15) is 43.9 Å². The first-order valence-electron chi connectivity index (χ1n) is 7.54. The van der Waals surface area contributed by atoms with Crippen molar-refractivity contribution in [1.29, 1.82) is 0 Å². The first kappa shape index (κ1) is 15.4. The van der Waals surface area contributed by atoms with Crippen LogP contribution in [0, 0.1) is 20.5 Å². The summed E-state index contributed by atoms with van der Waals surface area (Å²) >= 11 is 0. The fourth-order valence-electron chi connectivity index (χ4n) is 3.38. The quantitative estimate of drug-likeness (QED) is 0.394. The molecular formula is C15H17N3O5. The molecule has 23 heavy (non-hydrogen) atoms.